The first kappa shape index (κ1) is 13.5. The normalized spacial score (nSPS) is 25.4. The van der Waals surface area contributed by atoms with Crippen molar-refractivity contribution in [1.82, 2.24) is 4.90 Å². The standard InChI is InChI=1S/C13H25NO2/c1-11-6-8-12(9-7-11)14(2)13(15)5-4-10-16-3/h11-12H,4-10H2,1-3H3. The van der Waals surface area contributed by atoms with Crippen LogP contribution >= 0.6 is 0 Å². The number of carbonyl (C=O) groups excluding carboxylic acids is 1. The van der Waals surface area contributed by atoms with Crippen molar-refractivity contribution in [3.05, 3.63) is 0 Å². The first-order chi connectivity index (χ1) is 7.65. The summed E-state index contributed by atoms with van der Waals surface area (Å²) in [7, 11) is 3.63. The summed E-state index contributed by atoms with van der Waals surface area (Å²) in [6, 6.07) is 0.478. The molecule has 0 aromatic heterocycles. The highest BCUT2D eigenvalue weighted by Gasteiger charge is 2.24. The lowest BCUT2D eigenvalue weighted by atomic mass is 9.86. The zero-order chi connectivity index (χ0) is 12.0. The molecule has 3 nitrogen and oxygen atoms in total. The third-order valence-electron chi connectivity index (χ3n) is 3.67. The molecule has 0 aliphatic heterocycles. The number of ether oxygens (including phenoxy) is 1. The van der Waals surface area contributed by atoms with Gasteiger partial charge in [-0.1, -0.05) is 6.92 Å². The van der Waals surface area contributed by atoms with Crippen LogP contribution in [-0.4, -0.2) is 37.6 Å². The van der Waals surface area contributed by atoms with Crippen molar-refractivity contribution in [3.63, 3.8) is 0 Å². The first-order valence-corrected chi connectivity index (χ1v) is 6.39. The van der Waals surface area contributed by atoms with Crippen LogP contribution in [0.5, 0.6) is 0 Å². The molecule has 16 heavy (non-hydrogen) atoms. The molecule has 0 atom stereocenters. The first-order valence-electron chi connectivity index (χ1n) is 6.39. The van der Waals surface area contributed by atoms with E-state index in [1.54, 1.807) is 7.11 Å². The second kappa shape index (κ2) is 6.89. The molecule has 0 saturated heterocycles. The predicted octanol–water partition coefficient (Wildman–Crippen LogP) is 2.45. The van der Waals surface area contributed by atoms with Crippen LogP contribution in [0.2, 0.25) is 0 Å². The van der Waals surface area contributed by atoms with Crippen LogP contribution in [0.1, 0.15) is 45.4 Å². The van der Waals surface area contributed by atoms with E-state index in [2.05, 4.69) is 6.92 Å². The third kappa shape index (κ3) is 4.12. The molecule has 0 bridgehead atoms. The number of amides is 1. The van der Waals surface area contributed by atoms with Crippen molar-refractivity contribution in [3.8, 4) is 0 Å². The lowest BCUT2D eigenvalue weighted by molar-refractivity contribution is -0.133. The minimum atomic E-state index is 0.275. The average molecular weight is 227 g/mol. The van der Waals surface area contributed by atoms with E-state index < -0.39 is 0 Å². The molecular weight excluding hydrogens is 202 g/mol. The van der Waals surface area contributed by atoms with Gasteiger partial charge in [-0.25, -0.2) is 0 Å². The monoisotopic (exact) mass is 227 g/mol. The number of carbonyl (C=O) groups is 1. The summed E-state index contributed by atoms with van der Waals surface area (Å²) in [4.78, 5) is 13.8. The molecule has 0 aromatic carbocycles. The quantitative estimate of drug-likeness (QED) is 0.675. The molecule has 1 aliphatic carbocycles. The van der Waals surface area contributed by atoms with Crippen LogP contribution < -0.4 is 0 Å². The van der Waals surface area contributed by atoms with Gasteiger partial charge in [0, 0.05) is 33.2 Å². The predicted molar refractivity (Wildman–Crippen MR) is 65.3 cm³/mol. The summed E-state index contributed by atoms with van der Waals surface area (Å²) in [6.45, 7) is 2.98. The molecule has 0 radical (unpaired) electrons. The average Bonchev–Trinajstić information content (AvgIpc) is 2.29. The molecule has 1 amide bonds. The molecule has 0 spiro atoms. The van der Waals surface area contributed by atoms with Crippen LogP contribution in [0.25, 0.3) is 0 Å². The Morgan fingerprint density at radius 3 is 2.50 bits per heavy atom. The summed E-state index contributed by atoms with van der Waals surface area (Å²) < 4.78 is 4.96. The summed E-state index contributed by atoms with van der Waals surface area (Å²) >= 11 is 0. The molecule has 1 rings (SSSR count). The van der Waals surface area contributed by atoms with Gasteiger partial charge < -0.3 is 9.64 Å². The molecule has 0 unspecified atom stereocenters. The third-order valence-corrected chi connectivity index (χ3v) is 3.67. The van der Waals surface area contributed by atoms with E-state index in [-0.39, 0.29) is 5.91 Å². The van der Waals surface area contributed by atoms with Gasteiger partial charge in [0.05, 0.1) is 0 Å². The summed E-state index contributed by atoms with van der Waals surface area (Å²) in [5, 5.41) is 0. The van der Waals surface area contributed by atoms with Gasteiger partial charge in [0.25, 0.3) is 0 Å². The summed E-state index contributed by atoms with van der Waals surface area (Å²) in [6.07, 6.45) is 6.33. The maximum Gasteiger partial charge on any atom is 0.222 e. The second-order valence-corrected chi connectivity index (χ2v) is 5.01. The van der Waals surface area contributed by atoms with Crippen molar-refractivity contribution in [2.24, 2.45) is 5.92 Å². The Balaban J connectivity index is 2.27. The van der Waals surface area contributed by atoms with Gasteiger partial charge in [0.2, 0.25) is 5.91 Å². The highest BCUT2D eigenvalue weighted by Crippen LogP contribution is 2.26. The molecule has 94 valence electrons. The Bertz CT molecular complexity index is 210. The maximum absolute atomic E-state index is 11.9. The molecule has 1 fully saturated rings. The molecule has 1 saturated carbocycles. The van der Waals surface area contributed by atoms with Gasteiger partial charge in [-0.3, -0.25) is 4.79 Å². The maximum atomic E-state index is 11.9. The van der Waals surface area contributed by atoms with Crippen LogP contribution in [-0.2, 0) is 9.53 Å². The number of nitrogens with zero attached hydrogens (tertiary/aromatic N) is 1. The van der Waals surface area contributed by atoms with Gasteiger partial charge in [-0.05, 0) is 38.0 Å². The van der Waals surface area contributed by atoms with Gasteiger partial charge >= 0.3 is 0 Å². The fourth-order valence-electron chi connectivity index (χ4n) is 2.38. The van der Waals surface area contributed by atoms with Crippen molar-refractivity contribution in [1.29, 1.82) is 0 Å². The largest absolute Gasteiger partial charge is 0.385 e. The topological polar surface area (TPSA) is 29.5 Å². The van der Waals surface area contributed by atoms with E-state index in [9.17, 15) is 4.79 Å². The highest BCUT2D eigenvalue weighted by atomic mass is 16.5. The Morgan fingerprint density at radius 2 is 1.94 bits per heavy atom. The minimum absolute atomic E-state index is 0.275. The number of hydrogen-bond acceptors (Lipinski definition) is 2. The van der Waals surface area contributed by atoms with Crippen molar-refractivity contribution < 1.29 is 9.53 Å². The fraction of sp³-hybridized carbons (Fsp3) is 0.923. The second-order valence-electron chi connectivity index (χ2n) is 5.01. The van der Waals surface area contributed by atoms with E-state index in [4.69, 9.17) is 4.74 Å². The zero-order valence-electron chi connectivity index (χ0n) is 10.9. The number of methoxy groups -OCH3 is 1. The SMILES string of the molecule is COCCCC(=O)N(C)C1CCC(C)CC1. The molecule has 3 heteroatoms. The number of rotatable bonds is 5. The van der Waals surface area contributed by atoms with Crippen molar-refractivity contribution >= 4 is 5.91 Å². The van der Waals surface area contributed by atoms with Crippen LogP contribution in [0.3, 0.4) is 0 Å². The summed E-state index contributed by atoms with van der Waals surface area (Å²) in [5.41, 5.74) is 0. The fourth-order valence-corrected chi connectivity index (χ4v) is 2.38. The summed E-state index contributed by atoms with van der Waals surface area (Å²) in [5.74, 6) is 1.12. The molecule has 0 N–H and O–H groups in total. The van der Waals surface area contributed by atoms with Gasteiger partial charge in [0.1, 0.15) is 0 Å². The number of hydrogen-bond donors (Lipinski definition) is 0. The Hall–Kier alpha value is -0.570. The Kier molecular flexibility index (Phi) is 5.81. The smallest absolute Gasteiger partial charge is 0.222 e. The van der Waals surface area contributed by atoms with Crippen LogP contribution in [0.4, 0.5) is 0 Å². The lowest BCUT2D eigenvalue weighted by Crippen LogP contribution is -2.39. The molecular formula is C13H25NO2. The highest BCUT2D eigenvalue weighted by molar-refractivity contribution is 5.76. The van der Waals surface area contributed by atoms with Gasteiger partial charge in [0.15, 0.2) is 0 Å². The van der Waals surface area contributed by atoms with Crippen molar-refractivity contribution in [2.75, 3.05) is 20.8 Å². The van der Waals surface area contributed by atoms with E-state index in [0.717, 1.165) is 12.3 Å². The van der Waals surface area contributed by atoms with E-state index in [1.165, 1.54) is 25.7 Å². The van der Waals surface area contributed by atoms with Crippen LogP contribution in [0, 0.1) is 5.92 Å². The van der Waals surface area contributed by atoms with E-state index in [0.29, 0.717) is 19.1 Å². The molecule has 0 heterocycles. The van der Waals surface area contributed by atoms with Crippen molar-refractivity contribution in [2.45, 2.75) is 51.5 Å². The van der Waals surface area contributed by atoms with Gasteiger partial charge in [-0.15, -0.1) is 0 Å². The molecule has 1 aliphatic rings. The minimum Gasteiger partial charge on any atom is -0.385 e. The van der Waals surface area contributed by atoms with Gasteiger partial charge in [-0.2, -0.15) is 0 Å². The van der Waals surface area contributed by atoms with Crippen LogP contribution in [0.15, 0.2) is 0 Å². The Morgan fingerprint density at radius 1 is 1.31 bits per heavy atom. The van der Waals surface area contributed by atoms with E-state index in [1.807, 2.05) is 11.9 Å². The lowest BCUT2D eigenvalue weighted by Gasteiger charge is -2.33. The zero-order valence-corrected chi connectivity index (χ0v) is 10.9. The molecule has 0 aromatic rings. The van der Waals surface area contributed by atoms with E-state index >= 15 is 0 Å². The Labute approximate surface area is 99.1 Å².